The van der Waals surface area contributed by atoms with E-state index in [1.165, 1.54) is 0 Å². The number of likely N-dealkylation sites (tertiary alicyclic amines) is 1. The molecule has 1 aromatic carbocycles. The minimum Gasteiger partial charge on any atom is -0.535 e. The Morgan fingerprint density at radius 1 is 1.48 bits per heavy atom. The molecule has 124 valence electrons. The average Bonchev–Trinajstić information content (AvgIpc) is 2.40. The fourth-order valence-corrected chi connectivity index (χ4v) is 2.68. The number of nitrogens with zero attached hydrogens (tertiary/aromatic N) is 1. The second-order valence-corrected chi connectivity index (χ2v) is 5.57. The van der Waals surface area contributed by atoms with Crippen molar-refractivity contribution in [3.05, 3.63) is 23.3 Å². The SMILES string of the molecule is CC(=N)N1CC(Oc2ccc3c(c2C(=O)O)OB(O)CC3)C1.Cl. The lowest BCUT2D eigenvalue weighted by atomic mass is 9.78. The van der Waals surface area contributed by atoms with Gasteiger partial charge in [0.05, 0.1) is 18.9 Å². The van der Waals surface area contributed by atoms with Gasteiger partial charge in [-0.1, -0.05) is 6.07 Å². The van der Waals surface area contributed by atoms with Crippen molar-refractivity contribution in [1.29, 1.82) is 5.41 Å². The molecule has 7 nitrogen and oxygen atoms in total. The molecule has 3 N–H and O–H groups in total. The number of carboxylic acid groups (broad SMARTS) is 1. The van der Waals surface area contributed by atoms with Gasteiger partial charge in [0.2, 0.25) is 0 Å². The molecule has 0 radical (unpaired) electrons. The van der Waals surface area contributed by atoms with Gasteiger partial charge in [0.15, 0.2) is 0 Å². The normalized spacial score (nSPS) is 16.6. The Kier molecular flexibility index (Phi) is 5.06. The largest absolute Gasteiger partial charge is 0.535 e. The molecule has 0 amide bonds. The molecule has 23 heavy (non-hydrogen) atoms. The maximum atomic E-state index is 11.6. The number of aryl methyl sites for hydroxylation is 1. The zero-order chi connectivity index (χ0) is 15.9. The lowest BCUT2D eigenvalue weighted by Gasteiger charge is -2.40. The van der Waals surface area contributed by atoms with E-state index in [4.69, 9.17) is 14.8 Å². The van der Waals surface area contributed by atoms with E-state index >= 15 is 0 Å². The molecule has 9 heteroatoms. The van der Waals surface area contributed by atoms with Crippen molar-refractivity contribution in [2.45, 2.75) is 25.8 Å². The van der Waals surface area contributed by atoms with Crippen LogP contribution in [0.15, 0.2) is 12.1 Å². The van der Waals surface area contributed by atoms with Gasteiger partial charge in [-0.15, -0.1) is 12.4 Å². The van der Waals surface area contributed by atoms with Gasteiger partial charge in [0.1, 0.15) is 23.2 Å². The van der Waals surface area contributed by atoms with Crippen LogP contribution in [0.1, 0.15) is 22.8 Å². The molecular formula is C14H18BClN2O5. The van der Waals surface area contributed by atoms with E-state index in [2.05, 4.69) is 0 Å². The Morgan fingerprint density at radius 3 is 2.78 bits per heavy atom. The van der Waals surface area contributed by atoms with Gasteiger partial charge in [-0.05, 0) is 31.3 Å². The second-order valence-electron chi connectivity index (χ2n) is 5.57. The minimum absolute atomic E-state index is 0. The lowest BCUT2D eigenvalue weighted by Crippen LogP contribution is -2.55. The third-order valence-corrected chi connectivity index (χ3v) is 3.95. The van der Waals surface area contributed by atoms with Gasteiger partial charge in [-0.25, -0.2) is 4.79 Å². The minimum atomic E-state index is -1.14. The van der Waals surface area contributed by atoms with Crippen molar-refractivity contribution in [2.75, 3.05) is 13.1 Å². The van der Waals surface area contributed by atoms with Crippen LogP contribution in [0.4, 0.5) is 0 Å². The Labute approximate surface area is 140 Å². The molecule has 0 aromatic heterocycles. The highest BCUT2D eigenvalue weighted by molar-refractivity contribution is 6.44. The zero-order valence-corrected chi connectivity index (χ0v) is 13.4. The van der Waals surface area contributed by atoms with Crippen LogP contribution < -0.4 is 9.39 Å². The van der Waals surface area contributed by atoms with Crippen LogP contribution in [0.2, 0.25) is 6.32 Å². The molecule has 2 heterocycles. The number of carboxylic acids is 1. The van der Waals surface area contributed by atoms with E-state index < -0.39 is 13.1 Å². The highest BCUT2D eigenvalue weighted by atomic mass is 35.5. The van der Waals surface area contributed by atoms with Gasteiger partial charge < -0.3 is 24.4 Å². The van der Waals surface area contributed by atoms with Gasteiger partial charge in [-0.2, -0.15) is 0 Å². The van der Waals surface area contributed by atoms with E-state index in [0.29, 0.717) is 31.7 Å². The highest BCUT2D eigenvalue weighted by Crippen LogP contribution is 2.37. The molecule has 0 aliphatic carbocycles. The van der Waals surface area contributed by atoms with Gasteiger partial charge in [0, 0.05) is 0 Å². The number of nitrogens with one attached hydrogen (secondary N) is 1. The summed E-state index contributed by atoms with van der Waals surface area (Å²) in [5.41, 5.74) is 0.724. The van der Waals surface area contributed by atoms with Crippen LogP contribution in [0.5, 0.6) is 11.5 Å². The first-order chi connectivity index (χ1) is 10.5. The summed E-state index contributed by atoms with van der Waals surface area (Å²) in [7, 11) is -0.986. The smallest absolute Gasteiger partial charge is 0.522 e. The van der Waals surface area contributed by atoms with Crippen LogP contribution in [-0.4, -0.2) is 53.1 Å². The van der Waals surface area contributed by atoms with E-state index in [0.717, 1.165) is 5.56 Å². The summed E-state index contributed by atoms with van der Waals surface area (Å²) >= 11 is 0. The molecule has 2 aliphatic heterocycles. The number of hydrogen-bond donors (Lipinski definition) is 3. The predicted molar refractivity (Wildman–Crippen MR) is 87.2 cm³/mol. The molecule has 1 fully saturated rings. The van der Waals surface area contributed by atoms with E-state index in [1.54, 1.807) is 19.1 Å². The zero-order valence-electron chi connectivity index (χ0n) is 12.6. The number of halogens is 1. The summed E-state index contributed by atoms with van der Waals surface area (Å²) < 4.78 is 11.1. The average molecular weight is 341 g/mol. The third-order valence-electron chi connectivity index (χ3n) is 3.95. The number of hydrogen-bond acceptors (Lipinski definition) is 5. The molecule has 1 aromatic rings. The second kappa shape index (κ2) is 6.68. The van der Waals surface area contributed by atoms with Crippen molar-refractivity contribution in [1.82, 2.24) is 4.90 Å². The fraction of sp³-hybridized carbons (Fsp3) is 0.429. The predicted octanol–water partition coefficient (Wildman–Crippen LogP) is 1.28. The Bertz CT molecular complexity index is 636. The van der Waals surface area contributed by atoms with Crippen molar-refractivity contribution in [3.8, 4) is 11.5 Å². The highest BCUT2D eigenvalue weighted by Gasteiger charge is 2.33. The molecule has 3 rings (SSSR count). The number of carbonyl (C=O) groups is 1. The van der Waals surface area contributed by atoms with Crippen molar-refractivity contribution < 1.29 is 24.3 Å². The van der Waals surface area contributed by atoms with Gasteiger partial charge in [0.25, 0.3) is 0 Å². The number of rotatable bonds is 3. The van der Waals surface area contributed by atoms with E-state index in [9.17, 15) is 14.9 Å². The Morgan fingerprint density at radius 2 is 2.17 bits per heavy atom. The maximum Gasteiger partial charge on any atom is 0.522 e. The molecule has 0 saturated carbocycles. The lowest BCUT2D eigenvalue weighted by molar-refractivity contribution is 0.0593. The number of benzene rings is 1. The van der Waals surface area contributed by atoms with Crippen molar-refractivity contribution in [2.24, 2.45) is 0 Å². The van der Waals surface area contributed by atoms with Crippen LogP contribution >= 0.6 is 12.4 Å². The summed E-state index contributed by atoms with van der Waals surface area (Å²) in [6, 6.07) is 3.42. The van der Waals surface area contributed by atoms with Crippen LogP contribution in [0, 0.1) is 5.41 Å². The third kappa shape index (κ3) is 3.38. The quantitative estimate of drug-likeness (QED) is 0.435. The van der Waals surface area contributed by atoms with Crippen LogP contribution in [0.3, 0.4) is 0 Å². The first-order valence-corrected chi connectivity index (χ1v) is 7.16. The standard InChI is InChI=1S/C14H17BN2O5.ClH/c1-8(16)17-6-10(7-17)21-11-3-2-9-4-5-15(20)22-13(9)12(11)14(18)19;/h2-3,10,16,20H,4-7H2,1H3,(H,18,19);1H. The first kappa shape index (κ1) is 17.4. The summed E-state index contributed by atoms with van der Waals surface area (Å²) in [5, 5.41) is 26.6. The van der Waals surface area contributed by atoms with Crippen molar-refractivity contribution in [3.63, 3.8) is 0 Å². The molecule has 0 spiro atoms. The monoisotopic (exact) mass is 340 g/mol. The maximum absolute atomic E-state index is 11.6. The number of amidine groups is 1. The fourth-order valence-electron chi connectivity index (χ4n) is 2.68. The molecule has 0 unspecified atom stereocenters. The number of ether oxygens (including phenoxy) is 1. The number of fused-ring (bicyclic) bond motifs is 1. The van der Waals surface area contributed by atoms with E-state index in [-0.39, 0.29) is 35.6 Å². The van der Waals surface area contributed by atoms with E-state index in [1.807, 2.05) is 4.90 Å². The molecule has 1 saturated heterocycles. The first-order valence-electron chi connectivity index (χ1n) is 7.16. The van der Waals surface area contributed by atoms with Gasteiger partial charge >= 0.3 is 13.1 Å². The molecule has 0 bridgehead atoms. The summed E-state index contributed by atoms with van der Waals surface area (Å²) in [5.74, 6) is -0.230. The summed E-state index contributed by atoms with van der Waals surface area (Å²) in [4.78, 5) is 13.4. The topological polar surface area (TPSA) is 103 Å². The summed E-state index contributed by atoms with van der Waals surface area (Å²) in [6.07, 6.45) is 0.869. The molecular weight excluding hydrogens is 322 g/mol. The number of aromatic carboxylic acids is 1. The molecule has 0 atom stereocenters. The Hall–Kier alpha value is -1.93. The summed E-state index contributed by atoms with van der Waals surface area (Å²) in [6.45, 7) is 2.83. The molecule has 2 aliphatic rings. The van der Waals surface area contributed by atoms with Gasteiger partial charge in [-0.3, -0.25) is 5.41 Å². The van der Waals surface area contributed by atoms with Crippen molar-refractivity contribution >= 4 is 31.3 Å². The van der Waals surface area contributed by atoms with Crippen LogP contribution in [-0.2, 0) is 6.42 Å². The Balaban J connectivity index is 0.00000192. The van der Waals surface area contributed by atoms with Crippen LogP contribution in [0.25, 0.3) is 0 Å².